The lowest BCUT2D eigenvalue weighted by Gasteiger charge is -2.40. The van der Waals surface area contributed by atoms with Crippen LogP contribution in [0.2, 0.25) is 0 Å². The average Bonchev–Trinajstić information content (AvgIpc) is 2.58. The zero-order valence-electron chi connectivity index (χ0n) is 16.9. The molecule has 1 aliphatic rings. The van der Waals surface area contributed by atoms with Crippen LogP contribution in [0.1, 0.15) is 38.8 Å². The number of alkyl halides is 3. The highest BCUT2D eigenvalue weighted by Gasteiger charge is 2.41. The number of sulfone groups is 1. The second-order valence-electron chi connectivity index (χ2n) is 8.36. The summed E-state index contributed by atoms with van der Waals surface area (Å²) in [6, 6.07) is 5.31. The zero-order chi connectivity index (χ0) is 21.4. The molecule has 0 bridgehead atoms. The quantitative estimate of drug-likeness (QED) is 0.604. The van der Waals surface area contributed by atoms with Crippen LogP contribution in [0, 0.1) is 0 Å². The van der Waals surface area contributed by atoms with Crippen LogP contribution < -0.4 is 5.32 Å². The molecule has 0 aromatic heterocycles. The molecule has 0 amide bonds. The first kappa shape index (κ1) is 22.5. The number of benzene rings is 1. The number of guanidine groups is 1. The highest BCUT2D eigenvalue weighted by Crippen LogP contribution is 2.32. The summed E-state index contributed by atoms with van der Waals surface area (Å²) in [5.41, 5.74) is -0.702. The summed E-state index contributed by atoms with van der Waals surface area (Å²) in [5.74, 6) is 0.584. The number of halogens is 3. The van der Waals surface area contributed by atoms with Crippen molar-refractivity contribution >= 4 is 15.8 Å². The van der Waals surface area contributed by atoms with Gasteiger partial charge < -0.3 is 10.2 Å². The van der Waals surface area contributed by atoms with Crippen LogP contribution in [0.15, 0.2) is 29.3 Å². The van der Waals surface area contributed by atoms with Gasteiger partial charge in [0.05, 0.1) is 16.1 Å². The van der Waals surface area contributed by atoms with Crippen molar-refractivity contribution < 1.29 is 21.6 Å². The number of nitrogens with one attached hydrogen (secondary N) is 1. The molecule has 1 fully saturated rings. The molecule has 5 nitrogen and oxygen atoms in total. The third-order valence-corrected chi connectivity index (χ3v) is 7.75. The summed E-state index contributed by atoms with van der Waals surface area (Å²) in [6.45, 7) is 8.07. The van der Waals surface area contributed by atoms with Crippen LogP contribution in [-0.4, -0.2) is 56.5 Å². The van der Waals surface area contributed by atoms with E-state index in [9.17, 15) is 21.6 Å². The predicted molar refractivity (Wildman–Crippen MR) is 105 cm³/mol. The molecule has 1 aliphatic heterocycles. The molecule has 0 atom stereocenters. The standard InChI is InChI=1S/C19H28F3N3O2S/c1-17(2,14-7-6-8-15(11-14)19(20,21)22)12-24-16(23-5)25-9-10-28(26,27)18(3,4)13-25/h6-8,11H,9-10,12-13H2,1-5H3,(H,23,24). The highest BCUT2D eigenvalue weighted by atomic mass is 32.2. The molecule has 0 spiro atoms. The molecule has 0 aliphatic carbocycles. The van der Waals surface area contributed by atoms with Gasteiger partial charge in [-0.1, -0.05) is 32.0 Å². The normalized spacial score (nSPS) is 20.1. The molecule has 9 heteroatoms. The van der Waals surface area contributed by atoms with Crippen LogP contribution in [0.4, 0.5) is 13.2 Å². The zero-order valence-corrected chi connectivity index (χ0v) is 17.7. The van der Waals surface area contributed by atoms with E-state index in [4.69, 9.17) is 0 Å². The molecule has 28 heavy (non-hydrogen) atoms. The van der Waals surface area contributed by atoms with Crippen LogP contribution >= 0.6 is 0 Å². The highest BCUT2D eigenvalue weighted by molar-refractivity contribution is 7.92. The molecule has 1 heterocycles. The largest absolute Gasteiger partial charge is 0.416 e. The summed E-state index contributed by atoms with van der Waals surface area (Å²) >= 11 is 0. The fourth-order valence-corrected chi connectivity index (χ4v) is 4.54. The summed E-state index contributed by atoms with van der Waals surface area (Å²) < 4.78 is 62.5. The van der Waals surface area contributed by atoms with Gasteiger partial charge in [-0.05, 0) is 25.5 Å². The van der Waals surface area contributed by atoms with Gasteiger partial charge in [-0.15, -0.1) is 0 Å². The summed E-state index contributed by atoms with van der Waals surface area (Å²) in [4.78, 5) is 6.11. The topological polar surface area (TPSA) is 61.8 Å². The molecule has 0 unspecified atom stereocenters. The smallest absolute Gasteiger partial charge is 0.355 e. The van der Waals surface area contributed by atoms with Crippen molar-refractivity contribution in [1.29, 1.82) is 0 Å². The van der Waals surface area contributed by atoms with Crippen LogP contribution in [0.3, 0.4) is 0 Å². The van der Waals surface area contributed by atoms with Gasteiger partial charge >= 0.3 is 6.18 Å². The average molecular weight is 420 g/mol. The van der Waals surface area contributed by atoms with E-state index in [-0.39, 0.29) is 5.75 Å². The summed E-state index contributed by atoms with van der Waals surface area (Å²) in [6.07, 6.45) is -4.39. The van der Waals surface area contributed by atoms with E-state index in [0.29, 0.717) is 31.2 Å². The third-order valence-electron chi connectivity index (χ3n) is 5.21. The van der Waals surface area contributed by atoms with Crippen molar-refractivity contribution in [3.63, 3.8) is 0 Å². The lowest BCUT2D eigenvalue weighted by Crippen LogP contribution is -2.58. The molecule has 2 rings (SSSR count). The van der Waals surface area contributed by atoms with Gasteiger partial charge in [0.1, 0.15) is 0 Å². The Morgan fingerprint density at radius 1 is 1.25 bits per heavy atom. The first-order valence-electron chi connectivity index (χ1n) is 9.05. The fraction of sp³-hybridized carbons (Fsp3) is 0.632. The first-order valence-corrected chi connectivity index (χ1v) is 10.7. The Hall–Kier alpha value is -1.77. The number of nitrogens with zero attached hydrogens (tertiary/aromatic N) is 2. The van der Waals surface area contributed by atoms with Crippen molar-refractivity contribution in [3.05, 3.63) is 35.4 Å². The Labute approximate surface area is 164 Å². The Bertz CT molecular complexity index is 846. The van der Waals surface area contributed by atoms with E-state index in [1.54, 1.807) is 27.0 Å². The van der Waals surface area contributed by atoms with E-state index >= 15 is 0 Å². The molecule has 1 N–H and O–H groups in total. The van der Waals surface area contributed by atoms with Gasteiger partial charge in [-0.3, -0.25) is 4.99 Å². The van der Waals surface area contributed by atoms with Crippen molar-refractivity contribution in [2.45, 2.75) is 44.0 Å². The van der Waals surface area contributed by atoms with Crippen LogP contribution in [0.25, 0.3) is 0 Å². The van der Waals surface area contributed by atoms with Gasteiger partial charge in [0, 0.05) is 32.1 Å². The molecular formula is C19H28F3N3O2S. The maximum Gasteiger partial charge on any atom is 0.416 e. The minimum atomic E-state index is -4.39. The van der Waals surface area contributed by atoms with Gasteiger partial charge in [0.15, 0.2) is 15.8 Å². The number of rotatable bonds is 3. The van der Waals surface area contributed by atoms with Crippen molar-refractivity contribution in [3.8, 4) is 0 Å². The van der Waals surface area contributed by atoms with E-state index in [0.717, 1.165) is 6.07 Å². The van der Waals surface area contributed by atoms with Crippen molar-refractivity contribution in [1.82, 2.24) is 10.2 Å². The van der Waals surface area contributed by atoms with Gasteiger partial charge in [-0.25, -0.2) is 8.42 Å². The number of hydrogen-bond donors (Lipinski definition) is 1. The summed E-state index contributed by atoms with van der Waals surface area (Å²) in [7, 11) is -1.56. The minimum Gasteiger partial charge on any atom is -0.355 e. The Balaban J connectivity index is 2.13. The molecule has 1 aromatic carbocycles. The monoisotopic (exact) mass is 419 g/mol. The van der Waals surface area contributed by atoms with Crippen LogP contribution in [0.5, 0.6) is 0 Å². The number of aliphatic imine (C=N–C) groups is 1. The van der Waals surface area contributed by atoms with E-state index in [1.807, 2.05) is 18.7 Å². The van der Waals surface area contributed by atoms with E-state index in [1.165, 1.54) is 12.1 Å². The lowest BCUT2D eigenvalue weighted by molar-refractivity contribution is -0.137. The second-order valence-corrected chi connectivity index (χ2v) is 11.1. The predicted octanol–water partition coefficient (Wildman–Crippen LogP) is 3.07. The molecular weight excluding hydrogens is 391 g/mol. The molecule has 158 valence electrons. The molecule has 0 saturated carbocycles. The fourth-order valence-electron chi connectivity index (χ4n) is 3.18. The van der Waals surface area contributed by atoms with Crippen molar-refractivity contribution in [2.24, 2.45) is 4.99 Å². The maximum absolute atomic E-state index is 13.0. The van der Waals surface area contributed by atoms with E-state index < -0.39 is 31.7 Å². The van der Waals surface area contributed by atoms with Gasteiger partial charge in [0.25, 0.3) is 0 Å². The van der Waals surface area contributed by atoms with E-state index in [2.05, 4.69) is 10.3 Å². The third kappa shape index (κ3) is 4.79. The second kappa shape index (κ2) is 7.57. The molecule has 1 aromatic rings. The minimum absolute atomic E-state index is 0.0394. The van der Waals surface area contributed by atoms with Gasteiger partial charge in [-0.2, -0.15) is 13.2 Å². The maximum atomic E-state index is 13.0. The molecule has 0 radical (unpaired) electrons. The Morgan fingerprint density at radius 3 is 2.39 bits per heavy atom. The number of hydrogen-bond acceptors (Lipinski definition) is 3. The molecule has 1 saturated heterocycles. The van der Waals surface area contributed by atoms with Gasteiger partial charge in [0.2, 0.25) is 0 Å². The Kier molecular flexibility index (Phi) is 6.09. The first-order chi connectivity index (χ1) is 12.7. The summed E-state index contributed by atoms with van der Waals surface area (Å²) in [5, 5.41) is 3.20. The van der Waals surface area contributed by atoms with Crippen LogP contribution in [-0.2, 0) is 21.4 Å². The SMILES string of the molecule is CN=C(NCC(C)(C)c1cccc(C(F)(F)F)c1)N1CCS(=O)(=O)C(C)(C)C1. The Morgan fingerprint density at radius 2 is 1.86 bits per heavy atom. The van der Waals surface area contributed by atoms with Crippen molar-refractivity contribution in [2.75, 3.05) is 32.4 Å². The lowest BCUT2D eigenvalue weighted by atomic mass is 9.84.